The first kappa shape index (κ1) is 14.7. The number of aryl methyl sites for hydroxylation is 1. The number of hydrogen-bond donors (Lipinski definition) is 2. The second-order valence-corrected chi connectivity index (χ2v) is 4.13. The van der Waals surface area contributed by atoms with Crippen molar-refractivity contribution in [1.82, 2.24) is 20.4 Å². The minimum Gasteiger partial charge on any atom is -0.384 e. The molecule has 0 aromatic carbocycles. The molecule has 0 radical (unpaired) electrons. The minimum atomic E-state index is -0.284. The summed E-state index contributed by atoms with van der Waals surface area (Å²) in [6.07, 6.45) is 1.95. The molecular formula is C14H14N4O3. The van der Waals surface area contributed by atoms with Gasteiger partial charge in [-0.05, 0) is 19.1 Å². The highest BCUT2D eigenvalue weighted by atomic mass is 16.5. The summed E-state index contributed by atoms with van der Waals surface area (Å²) in [5.74, 6) is 5.98. The number of rotatable bonds is 4. The van der Waals surface area contributed by atoms with E-state index in [1.807, 2.05) is 0 Å². The first-order valence-corrected chi connectivity index (χ1v) is 6.32. The molecule has 0 saturated carbocycles. The highest BCUT2D eigenvalue weighted by Crippen LogP contribution is 2.00. The maximum absolute atomic E-state index is 11.8. The Kier molecular flexibility index (Phi) is 5.01. The van der Waals surface area contributed by atoms with E-state index in [0.29, 0.717) is 35.9 Å². The van der Waals surface area contributed by atoms with Gasteiger partial charge in [0, 0.05) is 24.7 Å². The molecule has 2 aromatic heterocycles. The van der Waals surface area contributed by atoms with Crippen molar-refractivity contribution in [3.8, 4) is 11.8 Å². The molecule has 0 aliphatic heterocycles. The zero-order chi connectivity index (χ0) is 15.1. The highest BCUT2D eigenvalue weighted by Gasteiger charge is 2.08. The van der Waals surface area contributed by atoms with Gasteiger partial charge >= 0.3 is 0 Å². The SMILES string of the molecule is Cc1noc(CCNC(=O)c2ccc(C#CCO)cn2)n1. The van der Waals surface area contributed by atoms with Crippen molar-refractivity contribution in [2.45, 2.75) is 13.3 Å². The molecule has 0 atom stereocenters. The lowest BCUT2D eigenvalue weighted by molar-refractivity contribution is 0.0948. The van der Waals surface area contributed by atoms with Crippen LogP contribution in [0, 0.1) is 18.8 Å². The Morgan fingerprint density at radius 3 is 2.95 bits per heavy atom. The molecule has 0 saturated heterocycles. The summed E-state index contributed by atoms with van der Waals surface area (Å²) in [4.78, 5) is 19.9. The Balaban J connectivity index is 1.85. The molecule has 0 bridgehead atoms. The fourth-order valence-corrected chi connectivity index (χ4v) is 1.56. The molecule has 2 rings (SSSR count). The average Bonchev–Trinajstić information content (AvgIpc) is 2.91. The molecule has 2 N–H and O–H groups in total. The maximum atomic E-state index is 11.8. The van der Waals surface area contributed by atoms with Crippen molar-refractivity contribution in [3.05, 3.63) is 41.3 Å². The molecule has 0 spiro atoms. The quantitative estimate of drug-likeness (QED) is 0.772. The van der Waals surface area contributed by atoms with Gasteiger partial charge in [-0.25, -0.2) is 4.98 Å². The number of nitrogens with zero attached hydrogens (tertiary/aromatic N) is 3. The number of aliphatic hydroxyl groups excluding tert-OH is 1. The van der Waals surface area contributed by atoms with Gasteiger partial charge < -0.3 is 14.9 Å². The van der Waals surface area contributed by atoms with Gasteiger partial charge in [-0.3, -0.25) is 4.79 Å². The summed E-state index contributed by atoms with van der Waals surface area (Å²) in [5.41, 5.74) is 0.938. The van der Waals surface area contributed by atoms with Crippen LogP contribution in [0.4, 0.5) is 0 Å². The van der Waals surface area contributed by atoms with Gasteiger partial charge in [-0.15, -0.1) is 0 Å². The molecule has 0 aliphatic rings. The summed E-state index contributed by atoms with van der Waals surface area (Å²) in [6.45, 7) is 1.91. The third-order valence-electron chi connectivity index (χ3n) is 2.50. The van der Waals surface area contributed by atoms with E-state index >= 15 is 0 Å². The Morgan fingerprint density at radius 1 is 1.48 bits per heavy atom. The van der Waals surface area contributed by atoms with Gasteiger partial charge in [-0.1, -0.05) is 17.0 Å². The highest BCUT2D eigenvalue weighted by molar-refractivity contribution is 5.92. The van der Waals surface area contributed by atoms with Gasteiger partial charge in [0.15, 0.2) is 5.82 Å². The van der Waals surface area contributed by atoms with E-state index < -0.39 is 0 Å². The number of carbonyl (C=O) groups excluding carboxylic acids is 1. The summed E-state index contributed by atoms with van der Waals surface area (Å²) < 4.78 is 4.94. The molecule has 7 heteroatoms. The standard InChI is InChI=1S/C14H14N4O3/c1-10-17-13(21-18-10)6-7-15-14(20)12-5-4-11(9-16-12)3-2-8-19/h4-5,9,19H,6-8H2,1H3,(H,15,20). The average molecular weight is 286 g/mol. The van der Waals surface area contributed by atoms with Gasteiger partial charge in [-0.2, -0.15) is 4.98 Å². The van der Waals surface area contributed by atoms with Crippen molar-refractivity contribution in [2.24, 2.45) is 0 Å². The van der Waals surface area contributed by atoms with Crippen LogP contribution in [0.3, 0.4) is 0 Å². The van der Waals surface area contributed by atoms with Crippen LogP contribution in [0.2, 0.25) is 0 Å². The zero-order valence-corrected chi connectivity index (χ0v) is 11.5. The van der Waals surface area contributed by atoms with Gasteiger partial charge in [0.05, 0.1) is 0 Å². The lowest BCUT2D eigenvalue weighted by Gasteiger charge is -2.02. The van der Waals surface area contributed by atoms with E-state index in [-0.39, 0.29) is 12.5 Å². The van der Waals surface area contributed by atoms with Crippen LogP contribution >= 0.6 is 0 Å². The zero-order valence-electron chi connectivity index (χ0n) is 11.5. The molecule has 0 fully saturated rings. The van der Waals surface area contributed by atoms with Crippen molar-refractivity contribution in [1.29, 1.82) is 0 Å². The van der Waals surface area contributed by atoms with Crippen molar-refractivity contribution in [3.63, 3.8) is 0 Å². The number of aromatic nitrogens is 3. The second-order valence-electron chi connectivity index (χ2n) is 4.13. The number of carbonyl (C=O) groups is 1. The Morgan fingerprint density at radius 2 is 2.33 bits per heavy atom. The summed E-state index contributed by atoms with van der Waals surface area (Å²) in [6, 6.07) is 3.25. The fraction of sp³-hybridized carbons (Fsp3) is 0.286. The molecular weight excluding hydrogens is 272 g/mol. The lowest BCUT2D eigenvalue weighted by Crippen LogP contribution is -2.26. The largest absolute Gasteiger partial charge is 0.384 e. The van der Waals surface area contributed by atoms with E-state index in [1.165, 1.54) is 6.20 Å². The van der Waals surface area contributed by atoms with Crippen LogP contribution < -0.4 is 5.32 Å². The van der Waals surface area contributed by atoms with Crippen molar-refractivity contribution >= 4 is 5.91 Å². The lowest BCUT2D eigenvalue weighted by atomic mass is 10.2. The number of aliphatic hydroxyl groups is 1. The van der Waals surface area contributed by atoms with Gasteiger partial charge in [0.2, 0.25) is 5.89 Å². The smallest absolute Gasteiger partial charge is 0.269 e. The molecule has 108 valence electrons. The topological polar surface area (TPSA) is 101 Å². The van der Waals surface area contributed by atoms with Gasteiger partial charge in [0.25, 0.3) is 5.91 Å². The molecule has 0 aliphatic carbocycles. The maximum Gasteiger partial charge on any atom is 0.269 e. The summed E-state index contributed by atoms with van der Waals surface area (Å²) in [5, 5.41) is 15.0. The summed E-state index contributed by atoms with van der Waals surface area (Å²) in [7, 11) is 0. The number of amides is 1. The summed E-state index contributed by atoms with van der Waals surface area (Å²) >= 11 is 0. The van der Waals surface area contributed by atoms with Crippen LogP contribution in [-0.4, -0.2) is 39.3 Å². The molecule has 7 nitrogen and oxygen atoms in total. The Labute approximate surface area is 121 Å². The number of pyridine rings is 1. The Bertz CT molecular complexity index is 668. The van der Waals surface area contributed by atoms with Crippen LogP contribution in [0.5, 0.6) is 0 Å². The third-order valence-corrected chi connectivity index (χ3v) is 2.50. The van der Waals surface area contributed by atoms with E-state index in [4.69, 9.17) is 9.63 Å². The fourth-order valence-electron chi connectivity index (χ4n) is 1.56. The van der Waals surface area contributed by atoms with Crippen LogP contribution in [0.25, 0.3) is 0 Å². The first-order valence-electron chi connectivity index (χ1n) is 6.32. The molecule has 0 unspecified atom stereocenters. The molecule has 21 heavy (non-hydrogen) atoms. The Hall–Kier alpha value is -2.72. The second kappa shape index (κ2) is 7.17. The van der Waals surface area contributed by atoms with Crippen LogP contribution in [0.15, 0.2) is 22.9 Å². The van der Waals surface area contributed by atoms with Crippen LogP contribution in [0.1, 0.15) is 27.8 Å². The van der Waals surface area contributed by atoms with Crippen molar-refractivity contribution < 1.29 is 14.4 Å². The van der Waals surface area contributed by atoms with E-state index in [9.17, 15) is 4.79 Å². The number of nitrogens with one attached hydrogen (secondary N) is 1. The van der Waals surface area contributed by atoms with Crippen LogP contribution in [-0.2, 0) is 6.42 Å². The van der Waals surface area contributed by atoms with Gasteiger partial charge in [0.1, 0.15) is 12.3 Å². The number of hydrogen-bond acceptors (Lipinski definition) is 6. The minimum absolute atomic E-state index is 0.211. The molecule has 1 amide bonds. The third kappa shape index (κ3) is 4.40. The molecule has 2 heterocycles. The van der Waals surface area contributed by atoms with E-state index in [0.717, 1.165) is 0 Å². The molecule has 2 aromatic rings. The van der Waals surface area contributed by atoms with E-state index in [2.05, 4.69) is 32.3 Å². The van der Waals surface area contributed by atoms with E-state index in [1.54, 1.807) is 19.1 Å². The predicted octanol–water partition coefficient (Wildman–Crippen LogP) is 0.0893. The predicted molar refractivity (Wildman–Crippen MR) is 73.3 cm³/mol. The monoisotopic (exact) mass is 286 g/mol. The first-order chi connectivity index (χ1) is 10.2. The van der Waals surface area contributed by atoms with Crippen molar-refractivity contribution in [2.75, 3.05) is 13.2 Å². The normalized spacial score (nSPS) is 9.81.